The Labute approximate surface area is 178 Å². The summed E-state index contributed by atoms with van der Waals surface area (Å²) in [5.41, 5.74) is 0.259. The molecule has 1 N–H and O–H groups in total. The Morgan fingerprint density at radius 3 is 2.33 bits per heavy atom. The third-order valence-electron chi connectivity index (χ3n) is 5.14. The lowest BCUT2D eigenvalue weighted by Gasteiger charge is -2.21. The molecule has 1 atom stereocenters. The first-order valence-corrected chi connectivity index (χ1v) is 11.8. The maximum atomic E-state index is 12.6. The number of rotatable bonds is 9. The van der Waals surface area contributed by atoms with Crippen LogP contribution in [-0.2, 0) is 14.6 Å². The molecule has 1 fully saturated rings. The number of amides is 2. The molecule has 2 amide bonds. The number of carbonyl (C=O) groups is 2. The van der Waals surface area contributed by atoms with Crippen molar-refractivity contribution < 1.29 is 18.0 Å². The average Bonchev–Trinajstić information content (AvgIpc) is 3.24. The number of nitriles is 1. The van der Waals surface area contributed by atoms with Crippen LogP contribution in [0.25, 0.3) is 0 Å². The van der Waals surface area contributed by atoms with E-state index in [0.717, 1.165) is 30.8 Å². The van der Waals surface area contributed by atoms with E-state index in [0.29, 0.717) is 13.0 Å². The summed E-state index contributed by atoms with van der Waals surface area (Å²) in [6, 6.07) is 4.92. The van der Waals surface area contributed by atoms with Gasteiger partial charge in [-0.2, -0.15) is 5.26 Å². The van der Waals surface area contributed by atoms with Crippen molar-refractivity contribution in [1.29, 1.82) is 5.26 Å². The molecule has 8 nitrogen and oxygen atoms in total. The van der Waals surface area contributed by atoms with Crippen molar-refractivity contribution >= 4 is 21.7 Å². The van der Waals surface area contributed by atoms with Gasteiger partial charge in [-0.3, -0.25) is 14.5 Å². The Morgan fingerprint density at radius 1 is 1.20 bits per heavy atom. The van der Waals surface area contributed by atoms with Gasteiger partial charge in [-0.15, -0.1) is 0 Å². The minimum absolute atomic E-state index is 0.0456. The molecule has 1 saturated heterocycles. The standard InChI is InChI=1S/C21H30N4O4S/c1-16(2)14-19(21(27)24(3)15-22)23-20(26)17-6-8-18(9-7-17)30(28,29)13-12-25-10-4-5-11-25/h6-9,16,19H,4-5,10-14H2,1-3H3,(H,23,26). The molecule has 0 aromatic heterocycles. The van der Waals surface area contributed by atoms with E-state index in [1.165, 1.54) is 31.3 Å². The van der Waals surface area contributed by atoms with Gasteiger partial charge in [-0.25, -0.2) is 8.42 Å². The average molecular weight is 435 g/mol. The van der Waals surface area contributed by atoms with Crippen molar-refractivity contribution in [1.82, 2.24) is 15.1 Å². The molecule has 0 spiro atoms. The zero-order chi connectivity index (χ0) is 22.3. The van der Waals surface area contributed by atoms with E-state index in [2.05, 4.69) is 10.2 Å². The van der Waals surface area contributed by atoms with Crippen LogP contribution >= 0.6 is 0 Å². The summed E-state index contributed by atoms with van der Waals surface area (Å²) in [6.45, 7) is 6.22. The van der Waals surface area contributed by atoms with E-state index in [1.807, 2.05) is 13.8 Å². The van der Waals surface area contributed by atoms with Gasteiger partial charge in [0.15, 0.2) is 16.0 Å². The number of hydrogen-bond acceptors (Lipinski definition) is 6. The zero-order valence-electron chi connectivity index (χ0n) is 17.8. The molecule has 0 saturated carbocycles. The summed E-state index contributed by atoms with van der Waals surface area (Å²) < 4.78 is 25.1. The fourth-order valence-corrected chi connectivity index (χ4v) is 4.69. The Balaban J connectivity index is 2.05. The molecular weight excluding hydrogens is 404 g/mol. The quantitative estimate of drug-likeness (QED) is 0.467. The van der Waals surface area contributed by atoms with Crippen LogP contribution in [0, 0.1) is 17.4 Å². The van der Waals surface area contributed by atoms with Crippen molar-refractivity contribution in [2.24, 2.45) is 5.92 Å². The highest BCUT2D eigenvalue weighted by Crippen LogP contribution is 2.15. The van der Waals surface area contributed by atoms with Gasteiger partial charge in [0, 0.05) is 19.2 Å². The van der Waals surface area contributed by atoms with Crippen LogP contribution in [0.3, 0.4) is 0 Å². The number of nitrogens with zero attached hydrogens (tertiary/aromatic N) is 3. The summed E-state index contributed by atoms with van der Waals surface area (Å²) >= 11 is 0. The van der Waals surface area contributed by atoms with Crippen LogP contribution in [0.2, 0.25) is 0 Å². The molecule has 1 aliphatic heterocycles. The van der Waals surface area contributed by atoms with E-state index < -0.39 is 27.7 Å². The van der Waals surface area contributed by atoms with E-state index in [4.69, 9.17) is 5.26 Å². The summed E-state index contributed by atoms with van der Waals surface area (Å²) in [7, 11) is -2.08. The van der Waals surface area contributed by atoms with Gasteiger partial charge in [-0.1, -0.05) is 13.8 Å². The summed E-state index contributed by atoms with van der Waals surface area (Å²) in [5.74, 6) is -0.791. The number of likely N-dealkylation sites (tertiary alicyclic amines) is 1. The lowest BCUT2D eigenvalue weighted by molar-refractivity contribution is -0.129. The monoisotopic (exact) mass is 434 g/mol. The number of carbonyl (C=O) groups excluding carboxylic acids is 2. The van der Waals surface area contributed by atoms with Crippen molar-refractivity contribution in [2.75, 3.05) is 32.4 Å². The van der Waals surface area contributed by atoms with Crippen molar-refractivity contribution in [3.8, 4) is 6.19 Å². The molecule has 0 aliphatic carbocycles. The SMILES string of the molecule is CC(C)CC(NC(=O)c1ccc(S(=O)(=O)CCN2CCCC2)cc1)C(=O)N(C)C#N. The molecule has 1 aliphatic rings. The van der Waals surface area contributed by atoms with Crippen LogP contribution < -0.4 is 5.32 Å². The van der Waals surface area contributed by atoms with Gasteiger partial charge in [0.2, 0.25) is 0 Å². The second-order valence-corrected chi connectivity index (χ2v) is 10.2. The second kappa shape index (κ2) is 10.5. The van der Waals surface area contributed by atoms with Crippen LogP contribution in [0.15, 0.2) is 29.2 Å². The number of sulfone groups is 1. The second-order valence-electron chi connectivity index (χ2n) is 8.04. The summed E-state index contributed by atoms with van der Waals surface area (Å²) in [5, 5.41) is 11.6. The van der Waals surface area contributed by atoms with Crippen molar-refractivity contribution in [2.45, 2.75) is 44.0 Å². The normalized spacial score (nSPS) is 15.6. The third-order valence-corrected chi connectivity index (χ3v) is 6.85. The van der Waals surface area contributed by atoms with Gasteiger partial charge in [-0.05, 0) is 62.5 Å². The van der Waals surface area contributed by atoms with Crippen molar-refractivity contribution in [3.63, 3.8) is 0 Å². The van der Waals surface area contributed by atoms with Crippen LogP contribution in [0.5, 0.6) is 0 Å². The van der Waals surface area contributed by atoms with Crippen LogP contribution in [-0.4, -0.2) is 68.5 Å². The van der Waals surface area contributed by atoms with Crippen molar-refractivity contribution in [3.05, 3.63) is 29.8 Å². The third kappa shape index (κ3) is 6.54. The predicted octanol–water partition coefficient (Wildman–Crippen LogP) is 1.64. The molecule has 164 valence electrons. The van der Waals surface area contributed by atoms with E-state index >= 15 is 0 Å². The number of hydrogen-bond donors (Lipinski definition) is 1. The molecular formula is C21H30N4O4S. The highest BCUT2D eigenvalue weighted by molar-refractivity contribution is 7.91. The fraction of sp³-hybridized carbons (Fsp3) is 0.571. The molecule has 30 heavy (non-hydrogen) atoms. The largest absolute Gasteiger partial charge is 0.340 e. The fourth-order valence-electron chi connectivity index (χ4n) is 3.40. The molecule has 0 radical (unpaired) electrons. The van der Waals surface area contributed by atoms with Crippen LogP contribution in [0.1, 0.15) is 43.5 Å². The maximum Gasteiger partial charge on any atom is 0.257 e. The molecule has 9 heteroatoms. The van der Waals surface area contributed by atoms with Gasteiger partial charge >= 0.3 is 0 Å². The molecule has 1 aromatic carbocycles. The molecule has 1 unspecified atom stereocenters. The number of likely N-dealkylation sites (N-methyl/N-ethyl adjacent to an activating group) is 1. The molecule has 2 rings (SSSR count). The van der Waals surface area contributed by atoms with Gasteiger partial charge in [0.25, 0.3) is 11.8 Å². The number of nitrogens with one attached hydrogen (secondary N) is 1. The Hall–Kier alpha value is -2.44. The minimum Gasteiger partial charge on any atom is -0.340 e. The summed E-state index contributed by atoms with van der Waals surface area (Å²) in [4.78, 5) is 28.2. The maximum absolute atomic E-state index is 12.6. The predicted molar refractivity (Wildman–Crippen MR) is 113 cm³/mol. The lowest BCUT2D eigenvalue weighted by atomic mass is 10.0. The van der Waals surface area contributed by atoms with Gasteiger partial charge in [0.1, 0.15) is 6.04 Å². The van der Waals surface area contributed by atoms with Gasteiger partial charge in [0.05, 0.1) is 10.6 Å². The number of benzene rings is 1. The van der Waals surface area contributed by atoms with E-state index in [9.17, 15) is 18.0 Å². The minimum atomic E-state index is -3.43. The lowest BCUT2D eigenvalue weighted by Crippen LogP contribution is -2.46. The summed E-state index contributed by atoms with van der Waals surface area (Å²) in [6.07, 6.45) is 4.35. The smallest absolute Gasteiger partial charge is 0.257 e. The Morgan fingerprint density at radius 2 is 1.80 bits per heavy atom. The van der Waals surface area contributed by atoms with Crippen LogP contribution in [0.4, 0.5) is 0 Å². The highest BCUT2D eigenvalue weighted by atomic mass is 32.2. The Bertz CT molecular complexity index is 885. The first-order chi connectivity index (χ1) is 14.1. The van der Waals surface area contributed by atoms with E-state index in [-0.39, 0.29) is 22.1 Å². The first kappa shape index (κ1) is 23.8. The van der Waals surface area contributed by atoms with E-state index in [1.54, 1.807) is 6.19 Å². The zero-order valence-corrected chi connectivity index (χ0v) is 18.6. The first-order valence-electron chi connectivity index (χ1n) is 10.2. The molecule has 1 heterocycles. The Kier molecular flexibility index (Phi) is 8.38. The molecule has 0 bridgehead atoms. The highest BCUT2D eigenvalue weighted by Gasteiger charge is 2.26. The topological polar surface area (TPSA) is 111 Å². The van der Waals surface area contributed by atoms with Gasteiger partial charge < -0.3 is 10.2 Å². The molecule has 1 aromatic rings.